The highest BCUT2D eigenvalue weighted by molar-refractivity contribution is 6.08. The summed E-state index contributed by atoms with van der Waals surface area (Å²) in [6.07, 6.45) is 5.58. The molecule has 0 atom stereocenters. The van der Waals surface area contributed by atoms with Crippen LogP contribution in [0.15, 0.2) is 110 Å². The van der Waals surface area contributed by atoms with Crippen molar-refractivity contribution in [3.8, 4) is 0 Å². The first-order valence-corrected chi connectivity index (χ1v) is 9.27. The quantitative estimate of drug-likeness (QED) is 0.213. The Morgan fingerprint density at radius 2 is 0.815 bits per heavy atom. The Balaban J connectivity index is 0.000000323. The molecule has 27 heavy (non-hydrogen) atoms. The van der Waals surface area contributed by atoms with Gasteiger partial charge in [0, 0.05) is 0 Å². The lowest BCUT2D eigenvalue weighted by molar-refractivity contribution is 1.74. The summed E-state index contributed by atoms with van der Waals surface area (Å²) in [5.74, 6) is 0. The zero-order valence-corrected chi connectivity index (χ0v) is 15.5. The Morgan fingerprint density at radius 1 is 0.519 bits per heavy atom. The Hall–Kier alpha value is -3.38. The van der Waals surface area contributed by atoms with Crippen molar-refractivity contribution in [3.05, 3.63) is 110 Å². The fourth-order valence-electron chi connectivity index (χ4n) is 3.52. The second kappa shape index (κ2) is 7.47. The van der Waals surface area contributed by atoms with Crippen molar-refractivity contribution in [2.45, 2.75) is 6.92 Å². The van der Waals surface area contributed by atoms with Crippen LogP contribution in [0.5, 0.6) is 0 Å². The molecule has 0 bridgehead atoms. The fraction of sp³-hybridized carbons (Fsp3) is 0.0370. The molecule has 0 aliphatic rings. The third kappa shape index (κ3) is 3.47. The summed E-state index contributed by atoms with van der Waals surface area (Å²) in [7, 11) is 0. The molecule has 130 valence electrons. The van der Waals surface area contributed by atoms with Gasteiger partial charge in [0.25, 0.3) is 0 Å². The fourth-order valence-corrected chi connectivity index (χ4v) is 3.52. The molecule has 0 aromatic heterocycles. The molecule has 5 aromatic carbocycles. The predicted molar refractivity (Wildman–Crippen MR) is 121 cm³/mol. The first kappa shape index (κ1) is 17.1. The normalized spacial score (nSPS) is 11.1. The Morgan fingerprint density at radius 3 is 1.04 bits per heavy atom. The van der Waals surface area contributed by atoms with E-state index in [1.54, 1.807) is 6.08 Å². The molecule has 0 nitrogen and oxygen atoms in total. The molecular weight excluding hydrogens is 324 g/mol. The van der Waals surface area contributed by atoms with E-state index in [9.17, 15) is 0 Å². The van der Waals surface area contributed by atoms with Gasteiger partial charge < -0.3 is 0 Å². The number of hydrogen-bond acceptors (Lipinski definition) is 0. The first-order chi connectivity index (χ1) is 13.3. The second-order valence-corrected chi connectivity index (χ2v) is 6.71. The van der Waals surface area contributed by atoms with Gasteiger partial charge in [0.2, 0.25) is 0 Å². The summed E-state index contributed by atoms with van der Waals surface area (Å²) in [5.41, 5.74) is 0. The molecule has 0 aliphatic heterocycles. The molecule has 5 rings (SSSR count). The van der Waals surface area contributed by atoms with Crippen LogP contribution in [0.3, 0.4) is 0 Å². The van der Waals surface area contributed by atoms with Crippen molar-refractivity contribution in [2.75, 3.05) is 0 Å². The van der Waals surface area contributed by atoms with Gasteiger partial charge in [-0.05, 0) is 86.4 Å². The second-order valence-electron chi connectivity index (χ2n) is 6.71. The van der Waals surface area contributed by atoms with Gasteiger partial charge in [-0.15, -0.1) is 0 Å². The number of benzene rings is 5. The minimum absolute atomic E-state index is 1.30. The lowest BCUT2D eigenvalue weighted by Crippen LogP contribution is -1.80. The maximum atomic E-state index is 3.46. The SMILES string of the molecule is C=CC=CC.c1ccc2cc3cc4cc5ccccc5cc4cc3cc2c1. The maximum Gasteiger partial charge on any atom is -0.0171 e. The van der Waals surface area contributed by atoms with Gasteiger partial charge in [-0.1, -0.05) is 73.3 Å². The first-order valence-electron chi connectivity index (χ1n) is 9.27. The smallest absolute Gasteiger partial charge is 0.0171 e. The summed E-state index contributed by atoms with van der Waals surface area (Å²) in [4.78, 5) is 0. The monoisotopic (exact) mass is 346 g/mol. The standard InChI is InChI=1S/C22H14.C5H8/c1-2-6-16-10-20-14-22-12-18-8-4-3-7-17(18)11-21(22)13-19(20)9-15(16)5-1;1-3-5-4-2/h1-14H;3-5H,1H2,2H3. The number of rotatable bonds is 1. The minimum atomic E-state index is 1.30. The summed E-state index contributed by atoms with van der Waals surface area (Å²) in [5, 5.41) is 10.4. The van der Waals surface area contributed by atoms with E-state index in [1.807, 2.05) is 19.1 Å². The van der Waals surface area contributed by atoms with Gasteiger partial charge in [0.1, 0.15) is 0 Å². The molecule has 0 spiro atoms. The van der Waals surface area contributed by atoms with Crippen LogP contribution in [0.1, 0.15) is 6.92 Å². The molecule has 0 heterocycles. The third-order valence-electron chi connectivity index (χ3n) is 4.85. The molecule has 0 N–H and O–H groups in total. The minimum Gasteiger partial charge on any atom is -0.0991 e. The average Bonchev–Trinajstić information content (AvgIpc) is 2.70. The zero-order chi connectivity index (χ0) is 18.6. The van der Waals surface area contributed by atoms with Crippen molar-refractivity contribution in [3.63, 3.8) is 0 Å². The lowest BCUT2D eigenvalue weighted by atomic mass is 9.97. The van der Waals surface area contributed by atoms with Crippen LogP contribution in [0.25, 0.3) is 43.1 Å². The largest absolute Gasteiger partial charge is 0.0991 e. The summed E-state index contributed by atoms with van der Waals surface area (Å²) in [6, 6.07) is 30.9. The van der Waals surface area contributed by atoms with E-state index in [-0.39, 0.29) is 0 Å². The van der Waals surface area contributed by atoms with Gasteiger partial charge >= 0.3 is 0 Å². The van der Waals surface area contributed by atoms with E-state index in [0.29, 0.717) is 0 Å². The van der Waals surface area contributed by atoms with Crippen LogP contribution in [0.2, 0.25) is 0 Å². The van der Waals surface area contributed by atoms with Crippen molar-refractivity contribution in [1.82, 2.24) is 0 Å². The average molecular weight is 346 g/mol. The molecule has 0 fully saturated rings. The molecule has 0 aliphatic carbocycles. The molecule has 5 aromatic rings. The van der Waals surface area contributed by atoms with Gasteiger partial charge in [-0.25, -0.2) is 0 Å². The van der Waals surface area contributed by atoms with Crippen molar-refractivity contribution >= 4 is 43.1 Å². The molecule has 0 amide bonds. The van der Waals surface area contributed by atoms with E-state index in [4.69, 9.17) is 0 Å². The van der Waals surface area contributed by atoms with Crippen molar-refractivity contribution in [1.29, 1.82) is 0 Å². The Bertz CT molecular complexity index is 1110. The predicted octanol–water partition coefficient (Wildman–Crippen LogP) is 8.05. The van der Waals surface area contributed by atoms with Crippen LogP contribution < -0.4 is 0 Å². The van der Waals surface area contributed by atoms with Crippen LogP contribution >= 0.6 is 0 Å². The van der Waals surface area contributed by atoms with Crippen LogP contribution in [0, 0.1) is 0 Å². The number of hydrogen-bond donors (Lipinski definition) is 0. The lowest BCUT2D eigenvalue weighted by Gasteiger charge is -2.07. The molecular formula is C27H22. The molecule has 0 unspecified atom stereocenters. The van der Waals surface area contributed by atoms with Gasteiger partial charge in [0.15, 0.2) is 0 Å². The number of allylic oxidation sites excluding steroid dienone is 3. The Labute approximate surface area is 160 Å². The van der Waals surface area contributed by atoms with Gasteiger partial charge in [-0.3, -0.25) is 0 Å². The molecule has 0 radical (unpaired) electrons. The highest BCUT2D eigenvalue weighted by atomic mass is 14.1. The van der Waals surface area contributed by atoms with E-state index in [2.05, 4.69) is 91.5 Å². The van der Waals surface area contributed by atoms with Crippen LogP contribution in [0.4, 0.5) is 0 Å². The topological polar surface area (TPSA) is 0 Å². The maximum absolute atomic E-state index is 3.46. The summed E-state index contributed by atoms with van der Waals surface area (Å²) >= 11 is 0. The molecule has 0 saturated heterocycles. The third-order valence-corrected chi connectivity index (χ3v) is 4.85. The van der Waals surface area contributed by atoms with Gasteiger partial charge in [0.05, 0.1) is 0 Å². The van der Waals surface area contributed by atoms with Crippen molar-refractivity contribution < 1.29 is 0 Å². The van der Waals surface area contributed by atoms with Gasteiger partial charge in [-0.2, -0.15) is 0 Å². The highest BCUT2D eigenvalue weighted by Gasteiger charge is 2.02. The highest BCUT2D eigenvalue weighted by Crippen LogP contribution is 2.29. The van der Waals surface area contributed by atoms with E-state index in [0.717, 1.165) is 0 Å². The van der Waals surface area contributed by atoms with Crippen molar-refractivity contribution in [2.24, 2.45) is 0 Å². The van der Waals surface area contributed by atoms with E-state index >= 15 is 0 Å². The molecule has 0 saturated carbocycles. The van der Waals surface area contributed by atoms with E-state index < -0.39 is 0 Å². The summed E-state index contributed by atoms with van der Waals surface area (Å²) < 4.78 is 0. The van der Waals surface area contributed by atoms with Crippen LogP contribution in [-0.4, -0.2) is 0 Å². The zero-order valence-electron chi connectivity index (χ0n) is 15.5. The summed E-state index contributed by atoms with van der Waals surface area (Å²) in [6.45, 7) is 5.42. The van der Waals surface area contributed by atoms with E-state index in [1.165, 1.54) is 43.1 Å². The Kier molecular flexibility index (Phi) is 4.72. The molecule has 0 heteroatoms. The van der Waals surface area contributed by atoms with Crippen LogP contribution in [-0.2, 0) is 0 Å². The number of fused-ring (bicyclic) bond motifs is 4.